The molecule has 3 aromatic rings. The highest BCUT2D eigenvalue weighted by Gasteiger charge is 2.30. The highest BCUT2D eigenvalue weighted by molar-refractivity contribution is 7.91. The molecule has 0 saturated carbocycles. The number of anilines is 1. The second-order valence-corrected chi connectivity index (χ2v) is 11.9. The van der Waals surface area contributed by atoms with Crippen LogP contribution in [0.2, 0.25) is 0 Å². The Bertz CT molecular complexity index is 1180. The Morgan fingerprint density at radius 1 is 1.00 bits per heavy atom. The van der Waals surface area contributed by atoms with Crippen molar-refractivity contribution in [2.75, 3.05) is 18.4 Å². The van der Waals surface area contributed by atoms with Crippen LogP contribution >= 0.6 is 11.3 Å². The summed E-state index contributed by atoms with van der Waals surface area (Å²) < 4.78 is 28.2. The maximum absolute atomic E-state index is 13.2. The molecule has 1 saturated heterocycles. The van der Waals surface area contributed by atoms with E-state index in [-0.39, 0.29) is 11.9 Å². The van der Waals surface area contributed by atoms with Crippen LogP contribution in [0.25, 0.3) is 0 Å². The van der Waals surface area contributed by atoms with Crippen LogP contribution in [-0.2, 0) is 23.0 Å². The molecule has 0 spiro atoms. The molecule has 180 valence electrons. The number of carbonyl (C=O) groups excluding carboxylic acids is 1. The molecule has 8 heteroatoms. The van der Waals surface area contributed by atoms with Gasteiger partial charge in [-0.05, 0) is 61.2 Å². The minimum atomic E-state index is -3.53. The van der Waals surface area contributed by atoms with Gasteiger partial charge in [0.15, 0.2) is 0 Å². The Kier molecular flexibility index (Phi) is 8.03. The van der Waals surface area contributed by atoms with E-state index in [1.54, 1.807) is 28.6 Å². The largest absolute Gasteiger partial charge is 0.382 e. The average Bonchev–Trinajstić information content (AvgIpc) is 3.35. The van der Waals surface area contributed by atoms with Crippen molar-refractivity contribution >= 4 is 33.0 Å². The van der Waals surface area contributed by atoms with Crippen LogP contribution < -0.4 is 10.6 Å². The van der Waals surface area contributed by atoms with E-state index >= 15 is 0 Å². The van der Waals surface area contributed by atoms with Gasteiger partial charge in [-0.1, -0.05) is 43.7 Å². The van der Waals surface area contributed by atoms with Crippen LogP contribution in [0.1, 0.15) is 47.0 Å². The SMILES string of the molecule is CCCc1ccc(NC2CCN(S(=O)(=O)c3ccc(CNC(=O)c4ccccc4)s3)CC2)cc1. The molecule has 0 aliphatic carbocycles. The Morgan fingerprint density at radius 3 is 2.38 bits per heavy atom. The van der Waals surface area contributed by atoms with Crippen LogP contribution in [0.5, 0.6) is 0 Å². The molecular weight excluding hydrogens is 466 g/mol. The van der Waals surface area contributed by atoms with E-state index in [2.05, 4.69) is 41.8 Å². The predicted molar refractivity (Wildman–Crippen MR) is 138 cm³/mol. The molecule has 1 aromatic heterocycles. The number of thiophene rings is 1. The van der Waals surface area contributed by atoms with Gasteiger partial charge in [0.2, 0.25) is 0 Å². The van der Waals surface area contributed by atoms with E-state index < -0.39 is 10.0 Å². The third kappa shape index (κ3) is 6.05. The van der Waals surface area contributed by atoms with Crippen molar-refractivity contribution in [2.24, 2.45) is 0 Å². The number of nitrogens with one attached hydrogen (secondary N) is 2. The van der Waals surface area contributed by atoms with Gasteiger partial charge in [-0.2, -0.15) is 4.31 Å². The molecule has 2 heterocycles. The molecule has 0 atom stereocenters. The van der Waals surface area contributed by atoms with Crippen molar-refractivity contribution in [1.29, 1.82) is 0 Å². The summed E-state index contributed by atoms with van der Waals surface area (Å²) in [7, 11) is -3.53. The van der Waals surface area contributed by atoms with Gasteiger partial charge in [0.25, 0.3) is 15.9 Å². The number of rotatable bonds is 9. The second-order valence-electron chi connectivity index (χ2n) is 8.54. The average molecular weight is 498 g/mol. The number of amides is 1. The number of piperidine rings is 1. The van der Waals surface area contributed by atoms with Gasteiger partial charge in [-0.15, -0.1) is 11.3 Å². The summed E-state index contributed by atoms with van der Waals surface area (Å²) in [5.41, 5.74) is 3.01. The Morgan fingerprint density at radius 2 is 1.71 bits per heavy atom. The fourth-order valence-corrected chi connectivity index (χ4v) is 7.03. The molecule has 0 bridgehead atoms. The topological polar surface area (TPSA) is 78.5 Å². The van der Waals surface area contributed by atoms with Crippen molar-refractivity contribution in [3.63, 3.8) is 0 Å². The maximum atomic E-state index is 13.2. The number of nitrogens with zero attached hydrogens (tertiary/aromatic N) is 1. The quantitative estimate of drug-likeness (QED) is 0.441. The first kappa shape index (κ1) is 24.4. The summed E-state index contributed by atoms with van der Waals surface area (Å²) in [5.74, 6) is -0.173. The summed E-state index contributed by atoms with van der Waals surface area (Å²) in [6, 6.07) is 21.2. The summed E-state index contributed by atoms with van der Waals surface area (Å²) in [5, 5.41) is 6.40. The Labute approximate surface area is 206 Å². The zero-order valence-corrected chi connectivity index (χ0v) is 21.0. The molecule has 1 fully saturated rings. The minimum absolute atomic E-state index is 0.173. The highest BCUT2D eigenvalue weighted by atomic mass is 32.2. The van der Waals surface area contributed by atoms with Crippen LogP contribution in [0.4, 0.5) is 5.69 Å². The van der Waals surface area contributed by atoms with Crippen LogP contribution in [0.15, 0.2) is 70.9 Å². The van der Waals surface area contributed by atoms with Crippen LogP contribution in [0, 0.1) is 0 Å². The molecule has 1 amide bonds. The molecule has 0 radical (unpaired) electrons. The van der Waals surface area contributed by atoms with Gasteiger partial charge in [0, 0.05) is 35.3 Å². The molecule has 1 aliphatic heterocycles. The lowest BCUT2D eigenvalue weighted by Crippen LogP contribution is -2.42. The van der Waals surface area contributed by atoms with Crippen molar-refractivity contribution in [3.8, 4) is 0 Å². The number of sulfonamides is 1. The smallest absolute Gasteiger partial charge is 0.252 e. The normalized spacial score (nSPS) is 15.2. The van der Waals surface area contributed by atoms with E-state index in [0.29, 0.717) is 29.4 Å². The summed E-state index contributed by atoms with van der Waals surface area (Å²) >= 11 is 1.22. The maximum Gasteiger partial charge on any atom is 0.252 e. The number of aryl methyl sites for hydroxylation is 1. The zero-order chi connectivity index (χ0) is 24.0. The molecule has 34 heavy (non-hydrogen) atoms. The standard InChI is InChI=1S/C26H31N3O3S2/c1-2-6-20-9-11-22(12-10-20)28-23-15-17-29(18-16-23)34(31,32)25-14-13-24(33-25)19-27-26(30)21-7-4-3-5-8-21/h3-5,7-14,23,28H,2,6,15-19H2,1H3,(H,27,30). The van der Waals surface area contributed by atoms with E-state index in [1.807, 2.05) is 18.2 Å². The van der Waals surface area contributed by atoms with E-state index in [0.717, 1.165) is 36.2 Å². The fraction of sp³-hybridized carbons (Fsp3) is 0.346. The molecular formula is C26H31N3O3S2. The minimum Gasteiger partial charge on any atom is -0.382 e. The van der Waals surface area contributed by atoms with Gasteiger partial charge < -0.3 is 10.6 Å². The fourth-order valence-electron chi connectivity index (χ4n) is 4.11. The van der Waals surface area contributed by atoms with Crippen molar-refractivity contribution < 1.29 is 13.2 Å². The number of benzene rings is 2. The molecule has 0 unspecified atom stereocenters. The monoisotopic (exact) mass is 497 g/mol. The van der Waals surface area contributed by atoms with E-state index in [9.17, 15) is 13.2 Å². The second kappa shape index (κ2) is 11.2. The first-order valence-electron chi connectivity index (χ1n) is 11.7. The Balaban J connectivity index is 1.29. The highest BCUT2D eigenvalue weighted by Crippen LogP contribution is 2.28. The first-order chi connectivity index (χ1) is 16.5. The molecule has 1 aliphatic rings. The molecule has 2 N–H and O–H groups in total. The summed E-state index contributed by atoms with van der Waals surface area (Å²) in [4.78, 5) is 13.0. The van der Waals surface area contributed by atoms with Crippen LogP contribution in [0.3, 0.4) is 0 Å². The summed E-state index contributed by atoms with van der Waals surface area (Å²) in [6.45, 7) is 3.46. The van der Waals surface area contributed by atoms with Gasteiger partial charge in [0.05, 0.1) is 6.54 Å². The van der Waals surface area contributed by atoms with E-state index in [1.165, 1.54) is 16.9 Å². The molecule has 6 nitrogen and oxygen atoms in total. The van der Waals surface area contributed by atoms with E-state index in [4.69, 9.17) is 0 Å². The van der Waals surface area contributed by atoms with Crippen molar-refractivity contribution in [3.05, 3.63) is 82.7 Å². The third-order valence-electron chi connectivity index (χ3n) is 6.01. The third-order valence-corrected chi connectivity index (χ3v) is 9.46. The number of carbonyl (C=O) groups is 1. The zero-order valence-electron chi connectivity index (χ0n) is 19.4. The molecule has 4 rings (SSSR count). The number of hydrogen-bond donors (Lipinski definition) is 2. The van der Waals surface area contributed by atoms with Gasteiger partial charge in [-0.25, -0.2) is 8.42 Å². The lowest BCUT2D eigenvalue weighted by molar-refractivity contribution is 0.0951. The van der Waals surface area contributed by atoms with Crippen molar-refractivity contribution in [2.45, 2.75) is 49.4 Å². The lowest BCUT2D eigenvalue weighted by Gasteiger charge is -2.31. The van der Waals surface area contributed by atoms with Gasteiger partial charge in [0.1, 0.15) is 4.21 Å². The summed E-state index contributed by atoms with van der Waals surface area (Å²) in [6.07, 6.45) is 3.75. The van der Waals surface area contributed by atoms with Crippen molar-refractivity contribution in [1.82, 2.24) is 9.62 Å². The lowest BCUT2D eigenvalue weighted by atomic mass is 10.1. The molecule has 2 aromatic carbocycles. The van der Waals surface area contributed by atoms with Gasteiger partial charge in [-0.3, -0.25) is 4.79 Å². The predicted octanol–water partition coefficient (Wildman–Crippen LogP) is 4.90. The van der Waals surface area contributed by atoms with Gasteiger partial charge >= 0.3 is 0 Å². The number of hydrogen-bond acceptors (Lipinski definition) is 5. The van der Waals surface area contributed by atoms with Crippen LogP contribution in [-0.4, -0.2) is 37.8 Å². The Hall–Kier alpha value is -2.68. The first-order valence-corrected chi connectivity index (χ1v) is 14.0.